The van der Waals surface area contributed by atoms with Crippen molar-refractivity contribution in [2.45, 2.75) is 325 Å². The van der Waals surface area contributed by atoms with Crippen molar-refractivity contribution < 1.29 is 69.0 Å². The third kappa shape index (κ3) is 40.5. The average molecular weight is 1180 g/mol. The van der Waals surface area contributed by atoms with Crippen molar-refractivity contribution in [3.63, 3.8) is 0 Å². The summed E-state index contributed by atoms with van der Waals surface area (Å²) in [5, 5.41) is 72.6. The smallest absolute Gasteiger partial charge is 0.306 e. The first kappa shape index (κ1) is 76.5. The molecule has 0 aliphatic carbocycles. The Morgan fingerprint density at radius 2 is 0.783 bits per heavy atom. The minimum Gasteiger partial charge on any atom is -0.457 e. The van der Waals surface area contributed by atoms with Crippen LogP contribution < -0.4 is 0 Å². The fourth-order valence-electron chi connectivity index (χ4n) is 10.4. The van der Waals surface area contributed by atoms with Gasteiger partial charge in [0, 0.05) is 13.0 Å². The molecular weight excluding hydrogens is 1050 g/mol. The van der Waals surface area contributed by atoms with Crippen LogP contribution in [0.25, 0.3) is 0 Å². The van der Waals surface area contributed by atoms with Crippen LogP contribution in [0.2, 0.25) is 0 Å². The Hall–Kier alpha value is -2.57. The van der Waals surface area contributed by atoms with Crippen molar-refractivity contribution in [3.8, 4) is 0 Å². The highest BCUT2D eigenvalue weighted by atomic mass is 16.7. The van der Waals surface area contributed by atoms with Gasteiger partial charge in [-0.3, -0.25) is 4.79 Å². The predicted molar refractivity (Wildman–Crippen MR) is 335 cm³/mol. The Kier molecular flexibility index (Phi) is 50.5. The minimum absolute atomic E-state index is 0.0551. The number of allylic oxidation sites excluding steroid dienone is 12. The number of unbranched alkanes of at least 4 members (excludes halogenated alkanes) is 29. The number of aliphatic hydroxyl groups is 7. The van der Waals surface area contributed by atoms with Gasteiger partial charge in [-0.1, -0.05) is 260 Å². The maximum atomic E-state index is 13.1. The standard InChI is InChI=1S/C69H122O14/c1-3-5-7-9-11-13-15-17-19-21-23-25-27-29-30-32-34-36-38-40-42-44-46-48-50-52-61(71)81-58(56-79-68-67(77)65(75)63(73)60(83-68)57-80-69-66(76)64(74)62(72)59(54-70)82-69)55-78-53-51-49-47-45-43-41-39-37-35-33-31-28-26-24-22-20-18-16-14-12-10-8-6-4-2/h5,7,11,13,17,19,23,25,29-30,34,36,58-60,62-70,72-77H,3-4,6,8-10,12,14-16,18,20-22,24,26-28,31-33,35,37-57H2,1-2H3/b7-5-,13-11-,19-17-,25-23-,30-29-,36-34-. The molecule has 2 saturated heterocycles. The molecule has 14 nitrogen and oxygen atoms in total. The van der Waals surface area contributed by atoms with E-state index in [-0.39, 0.29) is 25.6 Å². The second-order valence-electron chi connectivity index (χ2n) is 23.3. The topological polar surface area (TPSA) is 214 Å². The average Bonchev–Trinajstić information content (AvgIpc) is 3.67. The normalized spacial score (nSPS) is 23.9. The Bertz CT molecular complexity index is 1650. The Labute approximate surface area is 504 Å². The minimum atomic E-state index is -1.71. The van der Waals surface area contributed by atoms with E-state index < -0.39 is 80.7 Å². The maximum absolute atomic E-state index is 13.1. The molecule has 482 valence electrons. The van der Waals surface area contributed by atoms with Crippen LogP contribution >= 0.6 is 0 Å². The highest BCUT2D eigenvalue weighted by Gasteiger charge is 2.47. The summed E-state index contributed by atoms with van der Waals surface area (Å²) in [6.07, 6.45) is 55.4. The first-order valence-corrected chi connectivity index (χ1v) is 33.5. The van der Waals surface area contributed by atoms with Gasteiger partial charge in [-0.05, 0) is 64.2 Å². The first-order chi connectivity index (χ1) is 40.6. The van der Waals surface area contributed by atoms with Crippen LogP contribution in [0.4, 0.5) is 0 Å². The van der Waals surface area contributed by atoms with Crippen LogP contribution in [-0.2, 0) is 33.2 Å². The molecule has 0 aromatic rings. The van der Waals surface area contributed by atoms with E-state index in [0.29, 0.717) is 13.0 Å². The van der Waals surface area contributed by atoms with E-state index in [2.05, 4.69) is 86.8 Å². The number of hydrogen-bond donors (Lipinski definition) is 7. The molecule has 2 heterocycles. The number of carbonyl (C=O) groups excluding carboxylic acids is 1. The van der Waals surface area contributed by atoms with E-state index in [0.717, 1.165) is 96.3 Å². The lowest BCUT2D eigenvalue weighted by Crippen LogP contribution is -2.61. The summed E-state index contributed by atoms with van der Waals surface area (Å²) in [5.41, 5.74) is 0. The van der Waals surface area contributed by atoms with E-state index in [9.17, 15) is 40.5 Å². The summed E-state index contributed by atoms with van der Waals surface area (Å²) >= 11 is 0. The van der Waals surface area contributed by atoms with Gasteiger partial charge >= 0.3 is 5.97 Å². The zero-order valence-corrected chi connectivity index (χ0v) is 52.2. The molecule has 0 bridgehead atoms. The van der Waals surface area contributed by atoms with Gasteiger partial charge in [0.15, 0.2) is 12.6 Å². The van der Waals surface area contributed by atoms with Crippen LogP contribution in [0, 0.1) is 0 Å². The van der Waals surface area contributed by atoms with Crippen LogP contribution in [0.3, 0.4) is 0 Å². The quantitative estimate of drug-likeness (QED) is 0.0171. The van der Waals surface area contributed by atoms with Crippen molar-refractivity contribution in [2.75, 3.05) is 33.0 Å². The number of carbonyl (C=O) groups is 1. The second-order valence-corrected chi connectivity index (χ2v) is 23.3. The number of hydrogen-bond acceptors (Lipinski definition) is 14. The van der Waals surface area contributed by atoms with Gasteiger partial charge in [0.2, 0.25) is 0 Å². The summed E-state index contributed by atoms with van der Waals surface area (Å²) < 4.78 is 34.5. The van der Waals surface area contributed by atoms with Crippen LogP contribution in [0.15, 0.2) is 72.9 Å². The lowest BCUT2D eigenvalue weighted by Gasteiger charge is -2.42. The van der Waals surface area contributed by atoms with Crippen LogP contribution in [-0.4, -0.2) is 142 Å². The van der Waals surface area contributed by atoms with Crippen LogP contribution in [0.5, 0.6) is 0 Å². The fraction of sp³-hybridized carbons (Fsp3) is 0.812. The molecule has 0 amide bonds. The molecule has 11 atom stereocenters. The summed E-state index contributed by atoms with van der Waals surface area (Å²) in [5.74, 6) is -0.388. The van der Waals surface area contributed by atoms with Crippen molar-refractivity contribution in [2.24, 2.45) is 0 Å². The molecule has 0 spiro atoms. The highest BCUT2D eigenvalue weighted by Crippen LogP contribution is 2.27. The summed E-state index contributed by atoms with van der Waals surface area (Å²) in [6, 6.07) is 0. The maximum Gasteiger partial charge on any atom is 0.306 e. The molecule has 2 aliphatic heterocycles. The Morgan fingerprint density at radius 3 is 1.23 bits per heavy atom. The molecule has 0 saturated carbocycles. The highest BCUT2D eigenvalue weighted by molar-refractivity contribution is 5.69. The van der Waals surface area contributed by atoms with Gasteiger partial charge in [0.1, 0.15) is 54.9 Å². The molecule has 0 aromatic heterocycles. The Morgan fingerprint density at radius 1 is 0.410 bits per heavy atom. The first-order valence-electron chi connectivity index (χ1n) is 33.5. The molecule has 83 heavy (non-hydrogen) atoms. The summed E-state index contributed by atoms with van der Waals surface area (Å²) in [6.45, 7) is 3.60. The van der Waals surface area contributed by atoms with Gasteiger partial charge in [-0.25, -0.2) is 0 Å². The van der Waals surface area contributed by atoms with Crippen molar-refractivity contribution in [3.05, 3.63) is 72.9 Å². The number of rotatable bonds is 55. The molecule has 7 N–H and O–H groups in total. The zero-order chi connectivity index (χ0) is 60.1. The molecule has 11 unspecified atom stereocenters. The second kappa shape index (κ2) is 54.8. The SMILES string of the molecule is CC/C=C\C/C=C\C/C=C\C/C=C\C/C=C\C/C=C\CCCCCCCCC(=O)OC(COCCCCCCCCCCCCCCCCCCCCCCCCCC)COC1OC(COC2OC(CO)C(O)C(O)C2O)C(O)C(O)C1O. The third-order valence-corrected chi connectivity index (χ3v) is 15.7. The number of ether oxygens (including phenoxy) is 6. The summed E-state index contributed by atoms with van der Waals surface area (Å²) in [7, 11) is 0. The molecule has 0 radical (unpaired) electrons. The largest absolute Gasteiger partial charge is 0.457 e. The van der Waals surface area contributed by atoms with Gasteiger partial charge in [-0.2, -0.15) is 0 Å². The molecular formula is C69H122O14. The van der Waals surface area contributed by atoms with E-state index in [4.69, 9.17) is 28.4 Å². The third-order valence-electron chi connectivity index (χ3n) is 15.7. The Balaban J connectivity index is 1.67. The van der Waals surface area contributed by atoms with E-state index >= 15 is 0 Å². The van der Waals surface area contributed by atoms with Gasteiger partial charge in [0.25, 0.3) is 0 Å². The van der Waals surface area contributed by atoms with E-state index in [1.54, 1.807) is 0 Å². The fourth-order valence-corrected chi connectivity index (χ4v) is 10.4. The number of aliphatic hydroxyl groups excluding tert-OH is 7. The van der Waals surface area contributed by atoms with E-state index in [1.807, 2.05) is 0 Å². The van der Waals surface area contributed by atoms with Crippen LogP contribution in [0.1, 0.15) is 258 Å². The lowest BCUT2D eigenvalue weighted by atomic mass is 9.98. The molecule has 2 aliphatic rings. The monoisotopic (exact) mass is 1170 g/mol. The van der Waals surface area contributed by atoms with Crippen molar-refractivity contribution in [1.82, 2.24) is 0 Å². The summed E-state index contributed by atoms with van der Waals surface area (Å²) in [4.78, 5) is 13.1. The predicted octanol–water partition coefficient (Wildman–Crippen LogP) is 13.8. The van der Waals surface area contributed by atoms with E-state index in [1.165, 1.54) is 135 Å². The van der Waals surface area contributed by atoms with Gasteiger partial charge < -0.3 is 64.2 Å². The van der Waals surface area contributed by atoms with Crippen molar-refractivity contribution >= 4 is 5.97 Å². The molecule has 14 heteroatoms. The zero-order valence-electron chi connectivity index (χ0n) is 52.2. The molecule has 2 fully saturated rings. The number of esters is 1. The van der Waals surface area contributed by atoms with Gasteiger partial charge in [-0.15, -0.1) is 0 Å². The van der Waals surface area contributed by atoms with Crippen molar-refractivity contribution in [1.29, 1.82) is 0 Å². The molecule has 0 aromatic carbocycles. The lowest BCUT2D eigenvalue weighted by molar-refractivity contribution is -0.332. The molecule has 2 rings (SSSR count). The van der Waals surface area contributed by atoms with Gasteiger partial charge in [0.05, 0.1) is 26.4 Å².